The van der Waals surface area contributed by atoms with Gasteiger partial charge < -0.3 is 10.2 Å². The van der Waals surface area contributed by atoms with Gasteiger partial charge in [-0.2, -0.15) is 0 Å². The number of nitrogens with one attached hydrogen (secondary N) is 1. The Labute approximate surface area is 130 Å². The highest BCUT2D eigenvalue weighted by molar-refractivity contribution is 7.13. The summed E-state index contributed by atoms with van der Waals surface area (Å²) < 4.78 is 0. The van der Waals surface area contributed by atoms with Gasteiger partial charge in [0.25, 0.3) is 5.91 Å². The first-order valence-electron chi connectivity index (χ1n) is 7.11. The highest BCUT2D eigenvalue weighted by Crippen LogP contribution is 2.39. The second-order valence-corrected chi connectivity index (χ2v) is 7.02. The molecule has 1 N–H and O–H groups in total. The van der Waals surface area contributed by atoms with Gasteiger partial charge in [-0.05, 0) is 51.1 Å². The number of thiazole rings is 1. The maximum absolute atomic E-state index is 12.4. The number of nitrogens with zero attached hydrogens (tertiary/aromatic N) is 2. The summed E-state index contributed by atoms with van der Waals surface area (Å²) >= 11 is 1.50. The Morgan fingerprint density at radius 3 is 2.50 bits per heavy atom. The SMILES string of the molecule is Cc1ncc(C(=O)N2CCC3(CCNCC3)CC2)s1.Cl. The van der Waals surface area contributed by atoms with Crippen LogP contribution in [-0.2, 0) is 0 Å². The van der Waals surface area contributed by atoms with Crippen LogP contribution < -0.4 is 5.32 Å². The van der Waals surface area contributed by atoms with Gasteiger partial charge in [-0.25, -0.2) is 4.98 Å². The van der Waals surface area contributed by atoms with E-state index in [9.17, 15) is 4.79 Å². The molecule has 1 amide bonds. The lowest BCUT2D eigenvalue weighted by Gasteiger charge is -2.44. The summed E-state index contributed by atoms with van der Waals surface area (Å²) in [7, 11) is 0. The monoisotopic (exact) mass is 315 g/mol. The number of carbonyl (C=O) groups is 1. The number of carbonyl (C=O) groups excluding carboxylic acids is 1. The molecule has 2 fully saturated rings. The molecule has 0 saturated carbocycles. The van der Waals surface area contributed by atoms with Crippen LogP contribution in [0, 0.1) is 12.3 Å². The van der Waals surface area contributed by atoms with E-state index in [1.54, 1.807) is 6.20 Å². The van der Waals surface area contributed by atoms with Crippen LogP contribution in [0.15, 0.2) is 6.20 Å². The Hall–Kier alpha value is -0.650. The minimum atomic E-state index is 0. The first-order valence-corrected chi connectivity index (χ1v) is 7.93. The zero-order chi connectivity index (χ0) is 13.3. The normalized spacial score (nSPS) is 21.6. The molecule has 0 unspecified atom stereocenters. The van der Waals surface area contributed by atoms with Crippen molar-refractivity contribution in [1.82, 2.24) is 15.2 Å². The highest BCUT2D eigenvalue weighted by atomic mass is 35.5. The summed E-state index contributed by atoms with van der Waals surface area (Å²) in [5.74, 6) is 0.175. The minimum absolute atomic E-state index is 0. The Bertz CT molecular complexity index is 461. The van der Waals surface area contributed by atoms with Crippen molar-refractivity contribution in [1.29, 1.82) is 0 Å². The molecule has 3 heterocycles. The molecule has 1 spiro atoms. The number of amides is 1. The molecule has 4 nitrogen and oxygen atoms in total. The molecule has 3 rings (SSSR count). The first-order chi connectivity index (χ1) is 9.19. The molecule has 0 aliphatic carbocycles. The molecule has 0 atom stereocenters. The van der Waals surface area contributed by atoms with Crippen LogP contribution in [0.5, 0.6) is 0 Å². The lowest BCUT2D eigenvalue weighted by molar-refractivity contribution is 0.0499. The van der Waals surface area contributed by atoms with Crippen molar-refractivity contribution < 1.29 is 4.79 Å². The predicted octanol–water partition coefficient (Wildman–Crippen LogP) is 2.48. The molecule has 0 radical (unpaired) electrons. The highest BCUT2D eigenvalue weighted by Gasteiger charge is 2.36. The summed E-state index contributed by atoms with van der Waals surface area (Å²) in [6.07, 6.45) is 6.59. The van der Waals surface area contributed by atoms with E-state index < -0.39 is 0 Å². The van der Waals surface area contributed by atoms with Gasteiger partial charge in [-0.1, -0.05) is 0 Å². The van der Waals surface area contributed by atoms with E-state index in [-0.39, 0.29) is 18.3 Å². The van der Waals surface area contributed by atoms with E-state index in [2.05, 4.69) is 10.3 Å². The van der Waals surface area contributed by atoms with E-state index in [1.807, 2.05) is 11.8 Å². The lowest BCUT2D eigenvalue weighted by atomic mass is 9.71. The Balaban J connectivity index is 0.00000147. The summed E-state index contributed by atoms with van der Waals surface area (Å²) in [5.41, 5.74) is 0.506. The van der Waals surface area contributed by atoms with E-state index >= 15 is 0 Å². The molecular weight excluding hydrogens is 294 g/mol. The van der Waals surface area contributed by atoms with Crippen molar-refractivity contribution in [2.45, 2.75) is 32.6 Å². The fraction of sp³-hybridized carbons (Fsp3) is 0.714. The van der Waals surface area contributed by atoms with Crippen molar-refractivity contribution in [2.75, 3.05) is 26.2 Å². The van der Waals surface area contributed by atoms with Crippen molar-refractivity contribution in [2.24, 2.45) is 5.41 Å². The average molecular weight is 316 g/mol. The van der Waals surface area contributed by atoms with Crippen molar-refractivity contribution in [3.63, 3.8) is 0 Å². The summed E-state index contributed by atoms with van der Waals surface area (Å²) in [5, 5.41) is 4.40. The van der Waals surface area contributed by atoms with Crippen molar-refractivity contribution >= 4 is 29.7 Å². The largest absolute Gasteiger partial charge is 0.338 e. The number of aryl methyl sites for hydroxylation is 1. The molecule has 20 heavy (non-hydrogen) atoms. The van der Waals surface area contributed by atoms with Gasteiger partial charge in [-0.15, -0.1) is 23.7 Å². The predicted molar refractivity (Wildman–Crippen MR) is 83.8 cm³/mol. The third-order valence-electron chi connectivity index (χ3n) is 4.61. The molecule has 1 aromatic heterocycles. The molecule has 112 valence electrons. The average Bonchev–Trinajstić information content (AvgIpc) is 2.87. The van der Waals surface area contributed by atoms with Crippen LogP contribution in [0.2, 0.25) is 0 Å². The maximum Gasteiger partial charge on any atom is 0.265 e. The topological polar surface area (TPSA) is 45.2 Å². The maximum atomic E-state index is 12.4. The zero-order valence-corrected chi connectivity index (χ0v) is 13.5. The van der Waals surface area contributed by atoms with Gasteiger partial charge in [0.15, 0.2) is 0 Å². The number of hydrogen-bond donors (Lipinski definition) is 1. The number of halogens is 1. The smallest absolute Gasteiger partial charge is 0.265 e. The minimum Gasteiger partial charge on any atom is -0.338 e. The van der Waals surface area contributed by atoms with Crippen LogP contribution in [0.1, 0.15) is 40.4 Å². The number of likely N-dealkylation sites (tertiary alicyclic amines) is 1. The molecule has 2 saturated heterocycles. The standard InChI is InChI=1S/C14H21N3OS.ClH/c1-11-16-10-12(19-11)13(18)17-8-4-14(5-9-17)2-6-15-7-3-14;/h10,15H,2-9H2,1H3;1H. The van der Waals surface area contributed by atoms with Gasteiger partial charge in [0.05, 0.1) is 11.2 Å². The fourth-order valence-corrected chi connectivity index (χ4v) is 4.00. The fourth-order valence-electron chi connectivity index (χ4n) is 3.26. The second kappa shape index (κ2) is 6.41. The Morgan fingerprint density at radius 1 is 1.30 bits per heavy atom. The molecule has 2 aliphatic heterocycles. The Morgan fingerprint density at radius 2 is 1.95 bits per heavy atom. The van der Waals surface area contributed by atoms with Crippen LogP contribution in [0.4, 0.5) is 0 Å². The molecule has 6 heteroatoms. The molecule has 1 aromatic rings. The number of hydrogen-bond acceptors (Lipinski definition) is 4. The van der Waals surface area contributed by atoms with E-state index in [0.717, 1.165) is 48.9 Å². The number of rotatable bonds is 1. The molecular formula is C14H22ClN3OS. The molecule has 2 aliphatic rings. The first kappa shape index (κ1) is 15.7. The number of piperidine rings is 2. The van der Waals surface area contributed by atoms with Crippen LogP contribution in [0.3, 0.4) is 0 Å². The van der Waals surface area contributed by atoms with E-state index in [1.165, 1.54) is 24.2 Å². The van der Waals surface area contributed by atoms with Gasteiger partial charge in [0, 0.05) is 13.1 Å². The van der Waals surface area contributed by atoms with E-state index in [0.29, 0.717) is 5.41 Å². The van der Waals surface area contributed by atoms with Crippen LogP contribution >= 0.6 is 23.7 Å². The lowest BCUT2D eigenvalue weighted by Crippen LogP contribution is -2.47. The summed E-state index contributed by atoms with van der Waals surface area (Å²) in [4.78, 5) is 19.4. The summed E-state index contributed by atoms with van der Waals surface area (Å²) in [6.45, 7) is 6.05. The zero-order valence-electron chi connectivity index (χ0n) is 11.9. The third-order valence-corrected chi connectivity index (χ3v) is 5.51. The van der Waals surface area contributed by atoms with Crippen molar-refractivity contribution in [3.8, 4) is 0 Å². The van der Waals surface area contributed by atoms with E-state index in [4.69, 9.17) is 0 Å². The quantitative estimate of drug-likeness (QED) is 0.866. The molecule has 0 aromatic carbocycles. The third kappa shape index (κ3) is 3.15. The van der Waals surface area contributed by atoms with Gasteiger partial charge >= 0.3 is 0 Å². The van der Waals surface area contributed by atoms with Gasteiger partial charge in [0.2, 0.25) is 0 Å². The van der Waals surface area contributed by atoms with Crippen LogP contribution in [-0.4, -0.2) is 42.0 Å². The Kier molecular flexibility index (Phi) is 5.04. The second-order valence-electron chi connectivity index (χ2n) is 5.79. The molecule has 0 bridgehead atoms. The number of aromatic nitrogens is 1. The van der Waals surface area contributed by atoms with Crippen molar-refractivity contribution in [3.05, 3.63) is 16.1 Å². The van der Waals surface area contributed by atoms with Crippen LogP contribution in [0.25, 0.3) is 0 Å². The van der Waals surface area contributed by atoms with Gasteiger partial charge in [-0.3, -0.25) is 4.79 Å². The summed E-state index contributed by atoms with van der Waals surface area (Å²) in [6, 6.07) is 0. The van der Waals surface area contributed by atoms with Gasteiger partial charge in [0.1, 0.15) is 4.88 Å².